The monoisotopic (exact) mass is 400 g/mol. The maximum absolute atomic E-state index is 11.9. The van der Waals surface area contributed by atoms with Crippen LogP contribution in [0.5, 0.6) is 17.2 Å². The molecule has 0 bridgehead atoms. The second-order valence-corrected chi connectivity index (χ2v) is 6.37. The molecule has 156 valence electrons. The molecule has 0 spiro atoms. The van der Waals surface area contributed by atoms with Crippen molar-refractivity contribution in [1.82, 2.24) is 10.6 Å². The summed E-state index contributed by atoms with van der Waals surface area (Å²) in [4.78, 5) is 23.7. The van der Waals surface area contributed by atoms with E-state index in [1.54, 1.807) is 38.5 Å². The van der Waals surface area contributed by atoms with E-state index in [1.807, 2.05) is 24.3 Å². The summed E-state index contributed by atoms with van der Waals surface area (Å²) in [7, 11) is 3.22. The Morgan fingerprint density at radius 2 is 1.28 bits per heavy atom. The summed E-state index contributed by atoms with van der Waals surface area (Å²) in [5.41, 5.74) is 1.13. The van der Waals surface area contributed by atoms with Gasteiger partial charge in [-0.05, 0) is 54.8 Å². The summed E-state index contributed by atoms with van der Waals surface area (Å²) in [5, 5.41) is 5.54. The zero-order valence-corrected chi connectivity index (χ0v) is 16.9. The van der Waals surface area contributed by atoms with Crippen LogP contribution in [-0.2, 0) is 16.0 Å². The fourth-order valence-corrected chi connectivity index (χ4v) is 2.60. The van der Waals surface area contributed by atoms with Gasteiger partial charge in [0.25, 0.3) is 0 Å². The number of methoxy groups -OCH3 is 2. The van der Waals surface area contributed by atoms with Crippen molar-refractivity contribution in [3.05, 3.63) is 54.1 Å². The highest BCUT2D eigenvalue weighted by Crippen LogP contribution is 2.16. The van der Waals surface area contributed by atoms with Crippen molar-refractivity contribution in [1.29, 1.82) is 0 Å². The zero-order chi connectivity index (χ0) is 20.9. The predicted molar refractivity (Wildman–Crippen MR) is 110 cm³/mol. The molecule has 2 amide bonds. The molecule has 0 unspecified atom stereocenters. The van der Waals surface area contributed by atoms with Crippen LogP contribution in [0.15, 0.2) is 48.5 Å². The van der Waals surface area contributed by atoms with Gasteiger partial charge in [-0.25, -0.2) is 0 Å². The Bertz CT molecular complexity index is 694. The molecule has 0 fully saturated rings. The van der Waals surface area contributed by atoms with E-state index in [-0.39, 0.29) is 25.0 Å². The van der Waals surface area contributed by atoms with Gasteiger partial charge in [-0.3, -0.25) is 9.59 Å². The van der Waals surface area contributed by atoms with Crippen molar-refractivity contribution in [2.45, 2.75) is 25.7 Å². The van der Waals surface area contributed by atoms with Crippen LogP contribution >= 0.6 is 0 Å². The zero-order valence-electron chi connectivity index (χ0n) is 16.9. The number of ether oxygens (including phenoxy) is 3. The lowest BCUT2D eigenvalue weighted by atomic mass is 10.1. The van der Waals surface area contributed by atoms with E-state index < -0.39 is 0 Å². The molecule has 2 aromatic rings. The smallest absolute Gasteiger partial charge is 0.222 e. The molecule has 2 rings (SSSR count). The van der Waals surface area contributed by atoms with E-state index in [9.17, 15) is 9.59 Å². The van der Waals surface area contributed by atoms with Crippen molar-refractivity contribution >= 4 is 11.8 Å². The first-order chi connectivity index (χ1) is 14.1. The van der Waals surface area contributed by atoms with Crippen LogP contribution in [-0.4, -0.2) is 39.3 Å². The molecule has 29 heavy (non-hydrogen) atoms. The largest absolute Gasteiger partial charge is 0.497 e. The molecular formula is C22H28N2O5. The molecule has 0 saturated carbocycles. The molecule has 0 aliphatic rings. The molecule has 0 aliphatic carbocycles. The van der Waals surface area contributed by atoms with Crippen LogP contribution in [0.3, 0.4) is 0 Å². The van der Waals surface area contributed by atoms with E-state index in [0.717, 1.165) is 23.5 Å². The fraction of sp³-hybridized carbons (Fsp3) is 0.364. The molecule has 0 saturated heterocycles. The van der Waals surface area contributed by atoms with Gasteiger partial charge in [0.05, 0.1) is 14.2 Å². The van der Waals surface area contributed by atoms with Gasteiger partial charge in [0, 0.05) is 19.4 Å². The number of hydrogen-bond donors (Lipinski definition) is 2. The van der Waals surface area contributed by atoms with E-state index in [0.29, 0.717) is 25.1 Å². The summed E-state index contributed by atoms with van der Waals surface area (Å²) in [6.07, 6.45) is 1.83. The van der Waals surface area contributed by atoms with Gasteiger partial charge in [-0.1, -0.05) is 12.1 Å². The van der Waals surface area contributed by atoms with Gasteiger partial charge in [-0.15, -0.1) is 0 Å². The summed E-state index contributed by atoms with van der Waals surface area (Å²) >= 11 is 0. The second kappa shape index (κ2) is 12.3. The Morgan fingerprint density at radius 1 is 0.759 bits per heavy atom. The first kappa shape index (κ1) is 22.1. The van der Waals surface area contributed by atoms with Gasteiger partial charge in [0.1, 0.15) is 17.2 Å². The minimum atomic E-state index is -0.149. The van der Waals surface area contributed by atoms with E-state index >= 15 is 0 Å². The highest BCUT2D eigenvalue weighted by molar-refractivity contribution is 5.78. The summed E-state index contributed by atoms with van der Waals surface area (Å²) < 4.78 is 15.6. The molecule has 2 N–H and O–H groups in total. The molecular weight excluding hydrogens is 372 g/mol. The van der Waals surface area contributed by atoms with Gasteiger partial charge < -0.3 is 24.8 Å². The molecule has 0 aliphatic heterocycles. The molecule has 7 nitrogen and oxygen atoms in total. The minimum absolute atomic E-state index is 0.0548. The molecule has 0 atom stereocenters. The lowest BCUT2D eigenvalue weighted by molar-refractivity contribution is -0.122. The van der Waals surface area contributed by atoms with Crippen molar-refractivity contribution in [2.24, 2.45) is 0 Å². The van der Waals surface area contributed by atoms with Crippen LogP contribution in [0.4, 0.5) is 0 Å². The number of benzene rings is 2. The standard InChI is InChI=1S/C22H28N2O5/c1-27-18-8-6-17(7-9-18)14-15-23-21(25)4-3-5-22(26)24-16-29-20-12-10-19(28-2)11-13-20/h6-13H,3-5,14-16H2,1-2H3,(H,23,25)(H,24,26). The van der Waals surface area contributed by atoms with Crippen LogP contribution in [0.25, 0.3) is 0 Å². The molecule has 7 heteroatoms. The Hall–Kier alpha value is -3.22. The predicted octanol–water partition coefficient (Wildman–Crippen LogP) is 2.69. The van der Waals surface area contributed by atoms with Crippen LogP contribution < -0.4 is 24.8 Å². The number of carbonyl (C=O) groups excluding carboxylic acids is 2. The Morgan fingerprint density at radius 3 is 1.86 bits per heavy atom. The quantitative estimate of drug-likeness (QED) is 0.535. The Balaban J connectivity index is 1.52. The average Bonchev–Trinajstić information content (AvgIpc) is 2.75. The molecule has 2 aromatic carbocycles. The Kier molecular flexibility index (Phi) is 9.35. The first-order valence-corrected chi connectivity index (χ1v) is 9.54. The number of carbonyl (C=O) groups is 2. The van der Waals surface area contributed by atoms with Crippen LogP contribution in [0, 0.1) is 0 Å². The van der Waals surface area contributed by atoms with E-state index in [1.165, 1.54) is 0 Å². The number of nitrogens with one attached hydrogen (secondary N) is 2. The van der Waals surface area contributed by atoms with Gasteiger partial charge >= 0.3 is 0 Å². The highest BCUT2D eigenvalue weighted by Gasteiger charge is 2.05. The first-order valence-electron chi connectivity index (χ1n) is 9.54. The van der Waals surface area contributed by atoms with Gasteiger partial charge in [0.15, 0.2) is 6.73 Å². The van der Waals surface area contributed by atoms with E-state index in [2.05, 4.69) is 10.6 Å². The average molecular weight is 400 g/mol. The van der Waals surface area contributed by atoms with Crippen molar-refractivity contribution in [2.75, 3.05) is 27.5 Å². The van der Waals surface area contributed by atoms with Gasteiger partial charge in [-0.2, -0.15) is 0 Å². The highest BCUT2D eigenvalue weighted by atomic mass is 16.5. The summed E-state index contributed by atoms with van der Waals surface area (Å²) in [6.45, 7) is 0.645. The maximum atomic E-state index is 11.9. The van der Waals surface area contributed by atoms with Crippen molar-refractivity contribution in [3.8, 4) is 17.2 Å². The third kappa shape index (κ3) is 8.55. The molecule has 0 radical (unpaired) electrons. The van der Waals surface area contributed by atoms with E-state index in [4.69, 9.17) is 14.2 Å². The fourth-order valence-electron chi connectivity index (χ4n) is 2.60. The number of hydrogen-bond acceptors (Lipinski definition) is 5. The third-order valence-electron chi connectivity index (χ3n) is 4.27. The number of rotatable bonds is 12. The van der Waals surface area contributed by atoms with Crippen LogP contribution in [0.2, 0.25) is 0 Å². The Labute approximate surface area is 171 Å². The molecule has 0 heterocycles. The maximum Gasteiger partial charge on any atom is 0.222 e. The summed E-state index contributed by atoms with van der Waals surface area (Å²) in [6, 6.07) is 14.8. The number of amides is 2. The van der Waals surface area contributed by atoms with Crippen molar-refractivity contribution in [3.63, 3.8) is 0 Å². The van der Waals surface area contributed by atoms with Gasteiger partial charge in [0.2, 0.25) is 11.8 Å². The molecule has 0 aromatic heterocycles. The summed E-state index contributed by atoms with van der Waals surface area (Å²) in [5.74, 6) is 1.99. The normalized spacial score (nSPS) is 10.1. The third-order valence-corrected chi connectivity index (χ3v) is 4.27. The van der Waals surface area contributed by atoms with Crippen LogP contribution in [0.1, 0.15) is 24.8 Å². The topological polar surface area (TPSA) is 85.9 Å². The lowest BCUT2D eigenvalue weighted by Gasteiger charge is -2.09. The lowest BCUT2D eigenvalue weighted by Crippen LogP contribution is -2.28. The second-order valence-electron chi connectivity index (χ2n) is 6.37. The minimum Gasteiger partial charge on any atom is -0.497 e. The van der Waals surface area contributed by atoms with Crippen molar-refractivity contribution < 1.29 is 23.8 Å². The SMILES string of the molecule is COc1ccc(CCNC(=O)CCCC(=O)NCOc2ccc(OC)cc2)cc1.